The van der Waals surface area contributed by atoms with Gasteiger partial charge in [-0.1, -0.05) is 25.1 Å². The molecule has 2 amide bonds. The van der Waals surface area contributed by atoms with Gasteiger partial charge in [-0.15, -0.1) is 0 Å². The van der Waals surface area contributed by atoms with Crippen molar-refractivity contribution in [3.05, 3.63) is 54.0 Å². The van der Waals surface area contributed by atoms with E-state index in [0.717, 1.165) is 31.5 Å². The zero-order valence-electron chi connectivity index (χ0n) is 15.1. The van der Waals surface area contributed by atoms with Crippen LogP contribution in [0.4, 0.5) is 5.69 Å². The normalized spacial score (nSPS) is 22.8. The molecule has 1 fully saturated rings. The highest BCUT2D eigenvalue weighted by atomic mass is 16.3. The molecule has 5 heteroatoms. The number of nitrogens with zero attached hydrogens (tertiary/aromatic N) is 2. The number of anilines is 1. The second kappa shape index (κ2) is 6.98. The zero-order chi connectivity index (χ0) is 18.1. The minimum atomic E-state index is -0.138. The lowest BCUT2D eigenvalue weighted by atomic mass is 9.89. The molecule has 2 aliphatic heterocycles. The van der Waals surface area contributed by atoms with Crippen molar-refractivity contribution in [2.24, 2.45) is 5.92 Å². The number of amides is 2. The molecule has 5 nitrogen and oxygen atoms in total. The molecule has 1 saturated heterocycles. The second-order valence-corrected chi connectivity index (χ2v) is 7.34. The Morgan fingerprint density at radius 2 is 1.96 bits per heavy atom. The molecule has 0 N–H and O–H groups in total. The van der Waals surface area contributed by atoms with Gasteiger partial charge in [0.05, 0.1) is 17.7 Å². The number of furan rings is 1. The van der Waals surface area contributed by atoms with Gasteiger partial charge in [-0.25, -0.2) is 0 Å². The van der Waals surface area contributed by atoms with Crippen LogP contribution in [0.5, 0.6) is 0 Å². The van der Waals surface area contributed by atoms with Crippen LogP contribution < -0.4 is 4.90 Å². The Morgan fingerprint density at radius 1 is 1.12 bits per heavy atom. The van der Waals surface area contributed by atoms with Gasteiger partial charge < -0.3 is 14.2 Å². The number of likely N-dealkylation sites (tertiary alicyclic amines) is 1. The molecular formula is C21H24N2O3. The smallest absolute Gasteiger partial charge is 0.257 e. The molecule has 0 spiro atoms. The van der Waals surface area contributed by atoms with Crippen LogP contribution in [-0.4, -0.2) is 36.3 Å². The van der Waals surface area contributed by atoms with Crippen LogP contribution >= 0.6 is 0 Å². The Balaban J connectivity index is 1.52. The molecule has 0 radical (unpaired) electrons. The van der Waals surface area contributed by atoms with Gasteiger partial charge in [0.25, 0.3) is 5.91 Å². The Kier molecular flexibility index (Phi) is 4.53. The number of rotatable bonds is 2. The minimum Gasteiger partial charge on any atom is -0.472 e. The van der Waals surface area contributed by atoms with E-state index in [4.69, 9.17) is 4.42 Å². The number of piperidine rings is 1. The number of carbonyl (C=O) groups is 2. The van der Waals surface area contributed by atoms with Crippen LogP contribution in [0.3, 0.4) is 0 Å². The number of carbonyl (C=O) groups excluding carboxylic acids is 2. The van der Waals surface area contributed by atoms with Gasteiger partial charge in [0.15, 0.2) is 0 Å². The predicted molar refractivity (Wildman–Crippen MR) is 99.2 cm³/mol. The van der Waals surface area contributed by atoms with Crippen molar-refractivity contribution in [1.82, 2.24) is 4.90 Å². The summed E-state index contributed by atoms with van der Waals surface area (Å²) in [7, 11) is 0. The number of hydrogen-bond donors (Lipinski definition) is 0. The van der Waals surface area contributed by atoms with E-state index in [0.29, 0.717) is 24.6 Å². The highest BCUT2D eigenvalue weighted by Gasteiger charge is 2.34. The maximum absolute atomic E-state index is 13.2. The Hall–Kier alpha value is -2.56. The average molecular weight is 352 g/mol. The highest BCUT2D eigenvalue weighted by Crippen LogP contribution is 2.36. The molecule has 3 heterocycles. The third-order valence-corrected chi connectivity index (χ3v) is 5.64. The summed E-state index contributed by atoms with van der Waals surface area (Å²) >= 11 is 0. The van der Waals surface area contributed by atoms with E-state index in [9.17, 15) is 9.59 Å². The van der Waals surface area contributed by atoms with Crippen molar-refractivity contribution >= 4 is 17.5 Å². The zero-order valence-corrected chi connectivity index (χ0v) is 15.1. The van der Waals surface area contributed by atoms with E-state index in [-0.39, 0.29) is 17.7 Å². The quantitative estimate of drug-likeness (QED) is 0.829. The molecule has 1 aromatic carbocycles. The third-order valence-electron chi connectivity index (χ3n) is 5.64. The van der Waals surface area contributed by atoms with Gasteiger partial charge in [-0.3, -0.25) is 9.59 Å². The standard InChI is InChI=1S/C21H24N2O3/c1-15-8-11-23(19-7-3-2-6-18(15)19)21(25)16-5-4-10-22(13-16)20(24)17-9-12-26-14-17/h2-3,6-7,9,12,14-16H,4-5,8,10-11,13H2,1H3. The summed E-state index contributed by atoms with van der Waals surface area (Å²) < 4.78 is 5.02. The van der Waals surface area contributed by atoms with E-state index in [1.165, 1.54) is 18.1 Å². The van der Waals surface area contributed by atoms with Crippen LogP contribution in [0.2, 0.25) is 0 Å². The van der Waals surface area contributed by atoms with Crippen LogP contribution in [0.1, 0.15) is 48.0 Å². The van der Waals surface area contributed by atoms with Gasteiger partial charge in [-0.05, 0) is 42.9 Å². The Morgan fingerprint density at radius 3 is 2.77 bits per heavy atom. The Labute approximate surface area is 153 Å². The van der Waals surface area contributed by atoms with Gasteiger partial charge in [0, 0.05) is 25.3 Å². The summed E-state index contributed by atoms with van der Waals surface area (Å²) in [5.74, 6) is 0.430. The number of benzene rings is 1. The fraction of sp³-hybridized carbons (Fsp3) is 0.429. The molecule has 2 unspecified atom stereocenters. The molecule has 2 aliphatic rings. The van der Waals surface area contributed by atoms with Crippen LogP contribution in [0, 0.1) is 5.92 Å². The SMILES string of the molecule is CC1CCN(C(=O)C2CCCN(C(=O)c3ccoc3)C2)c2ccccc21. The van der Waals surface area contributed by atoms with E-state index in [1.807, 2.05) is 23.1 Å². The predicted octanol–water partition coefficient (Wildman–Crippen LogP) is 3.67. The average Bonchev–Trinajstić information content (AvgIpc) is 3.22. The maximum atomic E-state index is 13.2. The molecule has 136 valence electrons. The van der Waals surface area contributed by atoms with Crippen molar-refractivity contribution in [1.29, 1.82) is 0 Å². The first-order valence-electron chi connectivity index (χ1n) is 9.37. The molecule has 0 bridgehead atoms. The lowest BCUT2D eigenvalue weighted by Crippen LogP contribution is -2.48. The van der Waals surface area contributed by atoms with Gasteiger partial charge >= 0.3 is 0 Å². The van der Waals surface area contributed by atoms with Crippen molar-refractivity contribution in [3.8, 4) is 0 Å². The third kappa shape index (κ3) is 3.02. The van der Waals surface area contributed by atoms with Crippen LogP contribution in [-0.2, 0) is 4.79 Å². The summed E-state index contributed by atoms with van der Waals surface area (Å²) in [5, 5.41) is 0. The van der Waals surface area contributed by atoms with Gasteiger partial charge in [0.1, 0.15) is 6.26 Å². The topological polar surface area (TPSA) is 53.8 Å². The maximum Gasteiger partial charge on any atom is 0.257 e. The fourth-order valence-corrected chi connectivity index (χ4v) is 4.13. The van der Waals surface area contributed by atoms with Crippen molar-refractivity contribution < 1.29 is 14.0 Å². The summed E-state index contributed by atoms with van der Waals surface area (Å²) in [6, 6.07) is 9.87. The summed E-state index contributed by atoms with van der Waals surface area (Å²) in [5.41, 5.74) is 2.83. The Bertz CT molecular complexity index is 799. The first-order valence-corrected chi connectivity index (χ1v) is 9.37. The van der Waals surface area contributed by atoms with Crippen molar-refractivity contribution in [2.75, 3.05) is 24.5 Å². The number of fused-ring (bicyclic) bond motifs is 1. The molecule has 26 heavy (non-hydrogen) atoms. The van der Waals surface area contributed by atoms with E-state index in [2.05, 4.69) is 13.0 Å². The molecule has 2 atom stereocenters. The summed E-state index contributed by atoms with van der Waals surface area (Å²) in [6.45, 7) is 4.15. The second-order valence-electron chi connectivity index (χ2n) is 7.34. The molecule has 0 aliphatic carbocycles. The number of hydrogen-bond acceptors (Lipinski definition) is 3. The monoisotopic (exact) mass is 352 g/mol. The lowest BCUT2D eigenvalue weighted by Gasteiger charge is -2.38. The first-order chi connectivity index (χ1) is 12.6. The molecule has 2 aromatic rings. The summed E-state index contributed by atoms with van der Waals surface area (Å²) in [6.07, 6.45) is 5.64. The van der Waals surface area contributed by atoms with Crippen molar-refractivity contribution in [3.63, 3.8) is 0 Å². The molecule has 1 aromatic heterocycles. The number of para-hydroxylation sites is 1. The largest absolute Gasteiger partial charge is 0.472 e. The van der Waals surface area contributed by atoms with Gasteiger partial charge in [-0.2, -0.15) is 0 Å². The van der Waals surface area contributed by atoms with Crippen LogP contribution in [0.25, 0.3) is 0 Å². The van der Waals surface area contributed by atoms with Crippen LogP contribution in [0.15, 0.2) is 47.3 Å². The first kappa shape index (κ1) is 16.9. The van der Waals surface area contributed by atoms with Gasteiger partial charge in [0.2, 0.25) is 5.91 Å². The lowest BCUT2D eigenvalue weighted by molar-refractivity contribution is -0.123. The van der Waals surface area contributed by atoms with E-state index in [1.54, 1.807) is 11.0 Å². The fourth-order valence-electron chi connectivity index (χ4n) is 4.13. The van der Waals surface area contributed by atoms with E-state index >= 15 is 0 Å². The highest BCUT2D eigenvalue weighted by molar-refractivity contribution is 5.98. The van der Waals surface area contributed by atoms with Crippen molar-refractivity contribution in [2.45, 2.75) is 32.1 Å². The minimum absolute atomic E-state index is 0.0519. The molecular weight excluding hydrogens is 328 g/mol. The molecule has 4 rings (SSSR count). The molecule has 0 saturated carbocycles. The summed E-state index contributed by atoms with van der Waals surface area (Å²) in [4.78, 5) is 29.6. The van der Waals surface area contributed by atoms with E-state index < -0.39 is 0 Å².